The van der Waals surface area contributed by atoms with E-state index in [1.54, 1.807) is 18.2 Å². The van der Waals surface area contributed by atoms with Crippen molar-refractivity contribution < 1.29 is 14.0 Å². The van der Waals surface area contributed by atoms with Crippen LogP contribution >= 0.6 is 0 Å². The third kappa shape index (κ3) is 5.81. The van der Waals surface area contributed by atoms with Crippen molar-refractivity contribution in [2.75, 3.05) is 17.2 Å². The molecule has 3 N–H and O–H groups in total. The number of carbonyl (C=O) groups excluding carboxylic acids is 2. The Bertz CT molecular complexity index is 786. The van der Waals surface area contributed by atoms with E-state index in [2.05, 4.69) is 16.0 Å². The van der Waals surface area contributed by atoms with E-state index < -0.39 is 0 Å². The lowest BCUT2D eigenvalue weighted by Gasteiger charge is -2.22. The number of carbonyl (C=O) groups is 2. The van der Waals surface area contributed by atoms with Gasteiger partial charge in [-0.05, 0) is 55.3 Å². The lowest BCUT2D eigenvalue weighted by Crippen LogP contribution is -2.36. The molecule has 3 rings (SSSR count). The van der Waals surface area contributed by atoms with Crippen molar-refractivity contribution in [3.05, 3.63) is 59.9 Å². The first-order valence-corrected chi connectivity index (χ1v) is 9.30. The smallest absolute Gasteiger partial charge is 0.251 e. The zero-order chi connectivity index (χ0) is 19.1. The Balaban J connectivity index is 1.51. The van der Waals surface area contributed by atoms with E-state index in [1.807, 2.05) is 6.07 Å². The van der Waals surface area contributed by atoms with Crippen LogP contribution in [0.2, 0.25) is 0 Å². The third-order valence-corrected chi connectivity index (χ3v) is 4.65. The van der Waals surface area contributed by atoms with Gasteiger partial charge in [-0.2, -0.15) is 0 Å². The highest BCUT2D eigenvalue weighted by molar-refractivity contribution is 5.96. The molecule has 0 bridgehead atoms. The van der Waals surface area contributed by atoms with Crippen molar-refractivity contribution in [2.24, 2.45) is 0 Å². The van der Waals surface area contributed by atoms with Gasteiger partial charge in [-0.3, -0.25) is 9.59 Å². The highest BCUT2D eigenvalue weighted by atomic mass is 19.1. The van der Waals surface area contributed by atoms with Crippen molar-refractivity contribution in [1.82, 2.24) is 5.32 Å². The van der Waals surface area contributed by atoms with E-state index in [1.165, 1.54) is 30.7 Å². The molecule has 5 nitrogen and oxygen atoms in total. The lowest BCUT2D eigenvalue weighted by molar-refractivity contribution is -0.114. The van der Waals surface area contributed by atoms with Crippen molar-refractivity contribution in [1.29, 1.82) is 0 Å². The van der Waals surface area contributed by atoms with Crippen LogP contribution in [0.4, 0.5) is 15.8 Å². The lowest BCUT2D eigenvalue weighted by atomic mass is 9.95. The Morgan fingerprint density at radius 1 is 0.963 bits per heavy atom. The normalized spacial score (nSPS) is 14.4. The Morgan fingerprint density at radius 3 is 2.44 bits per heavy atom. The third-order valence-electron chi connectivity index (χ3n) is 4.65. The largest absolute Gasteiger partial charge is 0.376 e. The molecule has 2 aromatic carbocycles. The predicted octanol–water partition coefficient (Wildman–Crippen LogP) is 3.94. The molecule has 0 unspecified atom stereocenters. The second-order valence-corrected chi connectivity index (χ2v) is 6.80. The first kappa shape index (κ1) is 18.9. The number of nitrogens with one attached hydrogen (secondary N) is 3. The Hall–Kier alpha value is -2.89. The summed E-state index contributed by atoms with van der Waals surface area (Å²) in [6.45, 7) is 0.0467. The van der Waals surface area contributed by atoms with Crippen LogP contribution in [0.15, 0.2) is 48.5 Å². The number of rotatable bonds is 6. The maximum atomic E-state index is 12.9. The molecule has 0 aliphatic heterocycles. The Labute approximate surface area is 158 Å². The van der Waals surface area contributed by atoms with Gasteiger partial charge in [0.05, 0.1) is 6.54 Å². The molecule has 6 heteroatoms. The predicted molar refractivity (Wildman–Crippen MR) is 104 cm³/mol. The van der Waals surface area contributed by atoms with E-state index in [-0.39, 0.29) is 30.2 Å². The second-order valence-electron chi connectivity index (χ2n) is 6.80. The summed E-state index contributed by atoms with van der Waals surface area (Å²) in [6.07, 6.45) is 5.64. The van der Waals surface area contributed by atoms with Gasteiger partial charge in [-0.25, -0.2) is 4.39 Å². The van der Waals surface area contributed by atoms with Gasteiger partial charge in [0, 0.05) is 23.0 Å². The minimum Gasteiger partial charge on any atom is -0.376 e. The molecule has 142 valence electrons. The van der Waals surface area contributed by atoms with E-state index in [9.17, 15) is 14.0 Å². The zero-order valence-corrected chi connectivity index (χ0v) is 15.1. The monoisotopic (exact) mass is 369 g/mol. The van der Waals surface area contributed by atoms with E-state index >= 15 is 0 Å². The zero-order valence-electron chi connectivity index (χ0n) is 15.1. The molecule has 0 saturated heterocycles. The molecule has 0 radical (unpaired) electrons. The van der Waals surface area contributed by atoms with Gasteiger partial charge in [0.15, 0.2) is 0 Å². The van der Waals surface area contributed by atoms with Crippen LogP contribution in [-0.4, -0.2) is 24.4 Å². The first-order valence-electron chi connectivity index (χ1n) is 9.30. The summed E-state index contributed by atoms with van der Waals surface area (Å²) in [6, 6.07) is 12.9. The highest BCUT2D eigenvalue weighted by Gasteiger charge is 2.16. The molecule has 1 saturated carbocycles. The summed E-state index contributed by atoms with van der Waals surface area (Å²) in [4.78, 5) is 24.4. The van der Waals surface area contributed by atoms with Gasteiger partial charge in [0.1, 0.15) is 5.82 Å². The summed E-state index contributed by atoms with van der Waals surface area (Å²) in [5.41, 5.74) is 1.80. The van der Waals surface area contributed by atoms with E-state index in [0.717, 1.165) is 25.7 Å². The highest BCUT2D eigenvalue weighted by Crippen LogP contribution is 2.18. The molecule has 2 amide bonds. The first-order chi connectivity index (χ1) is 13.1. The molecule has 2 aromatic rings. The standard InChI is InChI=1S/C21H24FN3O2/c22-16-9-11-18(12-10-16)24-20(26)14-23-19-8-4-5-15(13-19)21(27)25-17-6-2-1-3-7-17/h4-5,8-13,17,23H,1-3,6-7,14H2,(H,24,26)(H,25,27). The molecule has 1 aliphatic rings. The minimum atomic E-state index is -0.352. The summed E-state index contributed by atoms with van der Waals surface area (Å²) in [7, 11) is 0. The average molecular weight is 369 g/mol. The van der Waals surface area contributed by atoms with E-state index in [0.29, 0.717) is 16.9 Å². The molecule has 1 aliphatic carbocycles. The van der Waals surface area contributed by atoms with Gasteiger partial charge < -0.3 is 16.0 Å². The summed E-state index contributed by atoms with van der Waals surface area (Å²) >= 11 is 0. The fourth-order valence-corrected chi connectivity index (χ4v) is 3.21. The second kappa shape index (κ2) is 9.16. The van der Waals surface area contributed by atoms with Crippen LogP contribution in [0.25, 0.3) is 0 Å². The van der Waals surface area contributed by atoms with Gasteiger partial charge in [0.25, 0.3) is 5.91 Å². The van der Waals surface area contributed by atoms with Crippen molar-refractivity contribution >= 4 is 23.2 Å². The van der Waals surface area contributed by atoms with Gasteiger partial charge >= 0.3 is 0 Å². The number of hydrogen-bond acceptors (Lipinski definition) is 3. The summed E-state index contributed by atoms with van der Waals surface area (Å²) < 4.78 is 12.9. The number of halogens is 1. The number of benzene rings is 2. The van der Waals surface area contributed by atoms with Crippen LogP contribution in [-0.2, 0) is 4.79 Å². The average Bonchev–Trinajstić information content (AvgIpc) is 2.69. The van der Waals surface area contributed by atoms with Crippen LogP contribution in [0, 0.1) is 5.82 Å². The van der Waals surface area contributed by atoms with Crippen molar-refractivity contribution in [2.45, 2.75) is 38.1 Å². The van der Waals surface area contributed by atoms with Gasteiger partial charge in [-0.15, -0.1) is 0 Å². The van der Waals surface area contributed by atoms with Crippen LogP contribution in [0.3, 0.4) is 0 Å². The Kier molecular flexibility index (Phi) is 6.41. The quantitative estimate of drug-likeness (QED) is 0.722. The summed E-state index contributed by atoms with van der Waals surface area (Å²) in [5.74, 6) is -0.686. The van der Waals surface area contributed by atoms with Gasteiger partial charge in [-0.1, -0.05) is 25.3 Å². The van der Waals surface area contributed by atoms with Crippen LogP contribution in [0.5, 0.6) is 0 Å². The fourth-order valence-electron chi connectivity index (χ4n) is 3.21. The molecular formula is C21H24FN3O2. The van der Waals surface area contributed by atoms with E-state index in [4.69, 9.17) is 0 Å². The molecule has 0 spiro atoms. The maximum absolute atomic E-state index is 12.9. The SMILES string of the molecule is O=C(CNc1cccc(C(=O)NC2CCCCC2)c1)Nc1ccc(F)cc1. The fraction of sp³-hybridized carbons (Fsp3) is 0.333. The molecule has 0 aromatic heterocycles. The molecule has 1 fully saturated rings. The van der Waals surface area contributed by atoms with Gasteiger partial charge in [0.2, 0.25) is 5.91 Å². The minimum absolute atomic E-state index is 0.0467. The molecular weight excluding hydrogens is 345 g/mol. The summed E-state index contributed by atoms with van der Waals surface area (Å²) in [5, 5.41) is 8.78. The van der Waals surface area contributed by atoms with Crippen LogP contribution in [0.1, 0.15) is 42.5 Å². The van der Waals surface area contributed by atoms with Crippen molar-refractivity contribution in [3.8, 4) is 0 Å². The molecule has 0 atom stereocenters. The number of hydrogen-bond donors (Lipinski definition) is 3. The topological polar surface area (TPSA) is 70.2 Å². The number of amides is 2. The molecule has 0 heterocycles. The Morgan fingerprint density at radius 2 is 1.70 bits per heavy atom. The maximum Gasteiger partial charge on any atom is 0.251 e. The molecule has 27 heavy (non-hydrogen) atoms. The van der Waals surface area contributed by atoms with Crippen LogP contribution < -0.4 is 16.0 Å². The van der Waals surface area contributed by atoms with Crippen molar-refractivity contribution in [3.63, 3.8) is 0 Å². The number of anilines is 2.